The standard InChI is InChI=1S/C28H32N8O2/c1-21(2)36-28(38)35(20-32-36)24-11-12-25(30-19-24)33-14-16-34(17-15-33)26(22-8-4-3-5-9-22)27(37)31-18-23-10-6-7-13-29-23/h3-13,19-21,26H,14-18H2,1-2H3,(H,31,37). The summed E-state index contributed by atoms with van der Waals surface area (Å²) in [4.78, 5) is 39.3. The molecule has 1 fully saturated rings. The van der Waals surface area contributed by atoms with E-state index in [0.717, 1.165) is 30.2 Å². The first-order valence-corrected chi connectivity index (χ1v) is 12.9. The van der Waals surface area contributed by atoms with Crippen LogP contribution in [0.5, 0.6) is 0 Å². The van der Waals surface area contributed by atoms with Gasteiger partial charge in [0.25, 0.3) is 0 Å². The average molecular weight is 513 g/mol. The van der Waals surface area contributed by atoms with Gasteiger partial charge in [-0.2, -0.15) is 5.10 Å². The second-order valence-corrected chi connectivity index (χ2v) is 9.57. The highest BCUT2D eigenvalue weighted by molar-refractivity contribution is 5.83. The van der Waals surface area contributed by atoms with Crippen molar-refractivity contribution in [1.29, 1.82) is 0 Å². The summed E-state index contributed by atoms with van der Waals surface area (Å²) < 4.78 is 2.95. The van der Waals surface area contributed by atoms with Crippen molar-refractivity contribution < 1.29 is 4.79 Å². The molecule has 1 aliphatic heterocycles. The van der Waals surface area contributed by atoms with Crippen LogP contribution in [-0.4, -0.2) is 61.3 Å². The van der Waals surface area contributed by atoms with Crippen LogP contribution in [0.4, 0.5) is 5.82 Å². The van der Waals surface area contributed by atoms with Crippen LogP contribution in [0.3, 0.4) is 0 Å². The highest BCUT2D eigenvalue weighted by Crippen LogP contribution is 2.24. The monoisotopic (exact) mass is 512 g/mol. The molecule has 196 valence electrons. The Bertz CT molecular complexity index is 1390. The minimum Gasteiger partial charge on any atom is -0.354 e. The Morgan fingerprint density at radius 1 is 0.947 bits per heavy atom. The maximum Gasteiger partial charge on any atom is 0.350 e. The lowest BCUT2D eigenvalue weighted by Gasteiger charge is -2.39. The summed E-state index contributed by atoms with van der Waals surface area (Å²) in [6.45, 7) is 7.11. The molecule has 1 unspecified atom stereocenters. The highest BCUT2D eigenvalue weighted by atomic mass is 16.2. The summed E-state index contributed by atoms with van der Waals surface area (Å²) >= 11 is 0. The third-order valence-corrected chi connectivity index (χ3v) is 6.73. The van der Waals surface area contributed by atoms with Crippen LogP contribution in [0, 0.1) is 0 Å². The number of hydrogen-bond donors (Lipinski definition) is 1. The zero-order valence-corrected chi connectivity index (χ0v) is 21.6. The Morgan fingerprint density at radius 2 is 1.71 bits per heavy atom. The second kappa shape index (κ2) is 11.4. The summed E-state index contributed by atoms with van der Waals surface area (Å²) in [5.74, 6) is 0.804. The molecule has 1 aromatic carbocycles. The minimum absolute atomic E-state index is 0.0101. The van der Waals surface area contributed by atoms with Gasteiger partial charge in [-0.05, 0) is 43.7 Å². The van der Waals surface area contributed by atoms with E-state index in [1.54, 1.807) is 12.4 Å². The van der Waals surface area contributed by atoms with E-state index in [-0.39, 0.29) is 23.7 Å². The van der Waals surface area contributed by atoms with E-state index in [4.69, 9.17) is 0 Å². The Balaban J connectivity index is 1.26. The van der Waals surface area contributed by atoms with Crippen molar-refractivity contribution in [3.05, 3.63) is 101 Å². The molecule has 0 spiro atoms. The number of hydrogen-bond acceptors (Lipinski definition) is 7. The fraction of sp³-hybridized carbons (Fsp3) is 0.321. The van der Waals surface area contributed by atoms with Gasteiger partial charge in [0.1, 0.15) is 18.2 Å². The number of aromatic nitrogens is 5. The van der Waals surface area contributed by atoms with Crippen LogP contribution in [0.25, 0.3) is 5.69 Å². The number of nitrogens with one attached hydrogen (secondary N) is 1. The van der Waals surface area contributed by atoms with E-state index in [0.29, 0.717) is 25.3 Å². The van der Waals surface area contributed by atoms with Crippen LogP contribution in [0.15, 0.2) is 84.2 Å². The first-order chi connectivity index (χ1) is 18.5. The lowest BCUT2D eigenvalue weighted by Crippen LogP contribution is -2.51. The Labute approximate surface area is 221 Å². The van der Waals surface area contributed by atoms with E-state index in [1.165, 1.54) is 15.6 Å². The molecule has 1 amide bonds. The van der Waals surface area contributed by atoms with E-state index in [9.17, 15) is 9.59 Å². The molecule has 0 radical (unpaired) electrons. The molecule has 4 aromatic rings. The van der Waals surface area contributed by atoms with Gasteiger partial charge in [0.2, 0.25) is 5.91 Å². The van der Waals surface area contributed by atoms with Gasteiger partial charge in [-0.3, -0.25) is 14.7 Å². The average Bonchev–Trinajstić information content (AvgIpc) is 3.35. The molecule has 3 aromatic heterocycles. The lowest BCUT2D eigenvalue weighted by atomic mass is 10.0. The molecule has 38 heavy (non-hydrogen) atoms. The number of carbonyl (C=O) groups excluding carboxylic acids is 1. The Kier molecular flexibility index (Phi) is 7.60. The summed E-state index contributed by atoms with van der Waals surface area (Å²) in [6.07, 6.45) is 4.96. The van der Waals surface area contributed by atoms with Crippen LogP contribution >= 0.6 is 0 Å². The molecule has 1 atom stereocenters. The normalized spacial score (nSPS) is 15.0. The number of nitrogens with zero attached hydrogens (tertiary/aromatic N) is 7. The van der Waals surface area contributed by atoms with Crippen molar-refractivity contribution in [2.75, 3.05) is 31.1 Å². The lowest BCUT2D eigenvalue weighted by molar-refractivity contribution is -0.127. The topological polar surface area (TPSA) is 101 Å². The summed E-state index contributed by atoms with van der Waals surface area (Å²) in [5, 5.41) is 7.25. The first kappa shape index (κ1) is 25.3. The molecule has 5 rings (SSSR count). The van der Waals surface area contributed by atoms with Crippen molar-refractivity contribution in [1.82, 2.24) is 34.5 Å². The molecular weight excluding hydrogens is 480 g/mol. The zero-order valence-electron chi connectivity index (χ0n) is 21.6. The quantitative estimate of drug-likeness (QED) is 0.387. The number of amides is 1. The molecular formula is C28H32N8O2. The molecule has 0 aliphatic carbocycles. The predicted octanol–water partition coefficient (Wildman–Crippen LogP) is 2.58. The number of piperazine rings is 1. The number of carbonyl (C=O) groups is 1. The summed E-state index contributed by atoms with van der Waals surface area (Å²) in [5.41, 5.74) is 2.29. The van der Waals surface area contributed by atoms with Gasteiger partial charge in [0, 0.05) is 32.4 Å². The SMILES string of the molecule is CC(C)n1ncn(-c2ccc(N3CCN(C(C(=O)NCc4ccccn4)c4ccccc4)CC3)nc2)c1=O. The van der Waals surface area contributed by atoms with Crippen LogP contribution in [0.2, 0.25) is 0 Å². The molecule has 1 aliphatic rings. The van der Waals surface area contributed by atoms with Crippen molar-refractivity contribution in [3.8, 4) is 5.69 Å². The summed E-state index contributed by atoms with van der Waals surface area (Å²) in [6, 6.07) is 19.0. The smallest absolute Gasteiger partial charge is 0.350 e. The molecule has 4 heterocycles. The third kappa shape index (κ3) is 5.50. The molecule has 10 nitrogen and oxygen atoms in total. The van der Waals surface area contributed by atoms with Crippen LogP contribution in [0.1, 0.15) is 37.2 Å². The van der Waals surface area contributed by atoms with Gasteiger partial charge in [-0.25, -0.2) is 19.0 Å². The van der Waals surface area contributed by atoms with E-state index in [2.05, 4.69) is 30.2 Å². The fourth-order valence-corrected chi connectivity index (χ4v) is 4.71. The number of pyridine rings is 2. The van der Waals surface area contributed by atoms with Gasteiger partial charge in [0.15, 0.2) is 0 Å². The minimum atomic E-state index is -0.387. The summed E-state index contributed by atoms with van der Waals surface area (Å²) in [7, 11) is 0. The third-order valence-electron chi connectivity index (χ3n) is 6.73. The Hall–Kier alpha value is -4.31. The highest BCUT2D eigenvalue weighted by Gasteiger charge is 2.30. The van der Waals surface area contributed by atoms with Gasteiger partial charge < -0.3 is 10.2 Å². The van der Waals surface area contributed by atoms with Crippen LogP contribution < -0.4 is 15.9 Å². The second-order valence-electron chi connectivity index (χ2n) is 9.57. The van der Waals surface area contributed by atoms with E-state index in [1.807, 2.05) is 74.5 Å². The maximum atomic E-state index is 13.4. The maximum absolute atomic E-state index is 13.4. The largest absolute Gasteiger partial charge is 0.354 e. The fourth-order valence-electron chi connectivity index (χ4n) is 4.71. The van der Waals surface area contributed by atoms with Crippen molar-refractivity contribution >= 4 is 11.7 Å². The molecule has 0 bridgehead atoms. The molecule has 1 N–H and O–H groups in total. The van der Waals surface area contributed by atoms with Crippen molar-refractivity contribution in [2.24, 2.45) is 0 Å². The van der Waals surface area contributed by atoms with Gasteiger partial charge in [-0.15, -0.1) is 0 Å². The van der Waals surface area contributed by atoms with Crippen molar-refractivity contribution in [2.45, 2.75) is 32.5 Å². The van der Waals surface area contributed by atoms with Gasteiger partial charge >= 0.3 is 5.69 Å². The van der Waals surface area contributed by atoms with E-state index >= 15 is 0 Å². The van der Waals surface area contributed by atoms with Crippen LogP contribution in [-0.2, 0) is 11.3 Å². The van der Waals surface area contributed by atoms with Gasteiger partial charge in [0.05, 0.1) is 30.2 Å². The first-order valence-electron chi connectivity index (χ1n) is 12.9. The molecule has 0 saturated carbocycles. The number of rotatable bonds is 8. The van der Waals surface area contributed by atoms with Gasteiger partial charge in [-0.1, -0.05) is 36.4 Å². The van der Waals surface area contributed by atoms with E-state index < -0.39 is 0 Å². The zero-order chi connectivity index (χ0) is 26.5. The molecule has 1 saturated heterocycles. The van der Waals surface area contributed by atoms with Crippen molar-refractivity contribution in [3.63, 3.8) is 0 Å². The number of anilines is 1. The Morgan fingerprint density at radius 3 is 2.34 bits per heavy atom. The predicted molar refractivity (Wildman–Crippen MR) is 145 cm³/mol. The number of benzene rings is 1. The molecule has 10 heteroatoms.